The highest BCUT2D eigenvalue weighted by atomic mass is 35.5. The molecule has 144 valence electrons. The smallest absolute Gasteiger partial charge is 0.305 e. The zero-order chi connectivity index (χ0) is 17.7. The fourth-order valence-corrected chi connectivity index (χ4v) is 3.11. The van der Waals surface area contributed by atoms with Gasteiger partial charge >= 0.3 is 5.97 Å². The van der Waals surface area contributed by atoms with Crippen LogP contribution in [0.5, 0.6) is 0 Å². The monoisotopic (exact) mass is 360 g/mol. The number of ether oxygens (including phenoxy) is 1. The quantitative estimate of drug-likeness (QED) is 0.136. The number of carbonyl (C=O) groups excluding carboxylic acids is 1. The molecule has 0 bridgehead atoms. The van der Waals surface area contributed by atoms with Gasteiger partial charge in [0.15, 0.2) is 0 Å². The van der Waals surface area contributed by atoms with Gasteiger partial charge in [0.05, 0.1) is 6.61 Å². The molecule has 0 atom stereocenters. The average Bonchev–Trinajstić information content (AvgIpc) is 2.59. The average molecular weight is 361 g/mol. The van der Waals surface area contributed by atoms with Gasteiger partial charge in [0.25, 0.3) is 0 Å². The second-order valence-electron chi connectivity index (χ2n) is 6.96. The third-order valence-electron chi connectivity index (χ3n) is 4.53. The maximum absolute atomic E-state index is 11.6. The highest BCUT2D eigenvalue weighted by molar-refractivity contribution is 6.17. The van der Waals surface area contributed by atoms with E-state index in [0.29, 0.717) is 13.0 Å². The molecule has 0 aliphatic rings. The van der Waals surface area contributed by atoms with Crippen LogP contribution in [-0.4, -0.2) is 18.5 Å². The Balaban J connectivity index is 3.11. The van der Waals surface area contributed by atoms with Gasteiger partial charge in [-0.3, -0.25) is 4.79 Å². The lowest BCUT2D eigenvalue weighted by Crippen LogP contribution is -2.05. The predicted molar refractivity (Wildman–Crippen MR) is 106 cm³/mol. The van der Waals surface area contributed by atoms with Crippen LogP contribution in [0.4, 0.5) is 0 Å². The molecule has 2 nitrogen and oxygen atoms in total. The number of rotatable bonds is 19. The largest absolute Gasteiger partial charge is 0.466 e. The molecule has 0 radical (unpaired) electrons. The minimum absolute atomic E-state index is 0.0144. The van der Waals surface area contributed by atoms with Crippen molar-refractivity contribution in [2.45, 2.75) is 116 Å². The second kappa shape index (κ2) is 20.8. The number of unbranched alkanes of at least 4 members (excludes halogenated alkanes) is 14. The Morgan fingerprint density at radius 3 is 1.67 bits per heavy atom. The van der Waals surface area contributed by atoms with Crippen molar-refractivity contribution in [3.05, 3.63) is 0 Å². The fourth-order valence-electron chi connectivity index (χ4n) is 2.92. The predicted octanol–water partition coefficient (Wildman–Crippen LogP) is 7.42. The standard InChI is InChI=1S/C21H41ClO2/c1-2-3-4-5-6-7-8-9-10-11-12-15-18-21(23)24-20-17-14-13-16-19-22/h2-20H2,1H3. The van der Waals surface area contributed by atoms with E-state index < -0.39 is 0 Å². The van der Waals surface area contributed by atoms with Gasteiger partial charge in [0.2, 0.25) is 0 Å². The van der Waals surface area contributed by atoms with Gasteiger partial charge in [-0.25, -0.2) is 0 Å². The van der Waals surface area contributed by atoms with Crippen molar-refractivity contribution in [3.63, 3.8) is 0 Å². The molecule has 0 heterocycles. The molecular weight excluding hydrogens is 320 g/mol. The summed E-state index contributed by atoms with van der Waals surface area (Å²) in [7, 11) is 0. The first-order valence-corrected chi connectivity index (χ1v) is 11.1. The number of alkyl halides is 1. The maximum Gasteiger partial charge on any atom is 0.305 e. The summed E-state index contributed by atoms with van der Waals surface area (Å²) >= 11 is 5.62. The molecule has 0 aromatic carbocycles. The summed E-state index contributed by atoms with van der Waals surface area (Å²) in [6.07, 6.45) is 20.8. The Bertz CT molecular complexity index is 256. The van der Waals surface area contributed by atoms with Crippen LogP contribution in [0.1, 0.15) is 116 Å². The Morgan fingerprint density at radius 2 is 1.12 bits per heavy atom. The van der Waals surface area contributed by atoms with Crippen LogP contribution < -0.4 is 0 Å². The molecule has 0 N–H and O–H groups in total. The maximum atomic E-state index is 11.6. The van der Waals surface area contributed by atoms with Crippen molar-refractivity contribution in [2.24, 2.45) is 0 Å². The first-order valence-electron chi connectivity index (χ1n) is 10.5. The molecule has 0 saturated heterocycles. The van der Waals surface area contributed by atoms with E-state index >= 15 is 0 Å². The minimum atomic E-state index is -0.0144. The first kappa shape index (κ1) is 23.8. The van der Waals surface area contributed by atoms with Crippen LogP contribution >= 0.6 is 11.6 Å². The molecule has 0 unspecified atom stereocenters. The van der Waals surface area contributed by atoms with Crippen molar-refractivity contribution in [1.82, 2.24) is 0 Å². The molecule has 3 heteroatoms. The van der Waals surface area contributed by atoms with Crippen LogP contribution in [0.2, 0.25) is 0 Å². The highest BCUT2D eigenvalue weighted by Gasteiger charge is 2.02. The molecule has 0 spiro atoms. The van der Waals surface area contributed by atoms with Crippen LogP contribution in [0.15, 0.2) is 0 Å². The van der Waals surface area contributed by atoms with E-state index in [1.54, 1.807) is 0 Å². The number of hydrogen-bond acceptors (Lipinski definition) is 2. The molecule has 0 saturated carbocycles. The lowest BCUT2D eigenvalue weighted by molar-refractivity contribution is -0.143. The topological polar surface area (TPSA) is 26.3 Å². The SMILES string of the molecule is CCCCCCCCCCCCCCC(=O)OCCCCCCCl. The molecular formula is C21H41ClO2. The zero-order valence-corrected chi connectivity index (χ0v) is 16.9. The number of halogens is 1. The Hall–Kier alpha value is -0.240. The zero-order valence-electron chi connectivity index (χ0n) is 16.1. The molecule has 0 rings (SSSR count). The van der Waals surface area contributed by atoms with Crippen LogP contribution in [-0.2, 0) is 9.53 Å². The van der Waals surface area contributed by atoms with Gasteiger partial charge < -0.3 is 4.74 Å². The normalized spacial score (nSPS) is 10.9. The summed E-state index contributed by atoms with van der Waals surface area (Å²) in [6, 6.07) is 0. The molecule has 24 heavy (non-hydrogen) atoms. The lowest BCUT2D eigenvalue weighted by Gasteiger charge is -2.05. The first-order chi connectivity index (χ1) is 11.8. The van der Waals surface area contributed by atoms with E-state index in [1.807, 2.05) is 0 Å². The van der Waals surface area contributed by atoms with Crippen molar-refractivity contribution in [3.8, 4) is 0 Å². The van der Waals surface area contributed by atoms with Gasteiger partial charge in [-0.15, -0.1) is 11.6 Å². The van der Waals surface area contributed by atoms with E-state index in [0.717, 1.165) is 38.0 Å². The van der Waals surface area contributed by atoms with E-state index in [2.05, 4.69) is 6.92 Å². The molecule has 0 aliphatic heterocycles. The molecule has 0 aliphatic carbocycles. The summed E-state index contributed by atoms with van der Waals surface area (Å²) in [5, 5.41) is 0. The molecule has 0 fully saturated rings. The molecule has 0 aromatic heterocycles. The Morgan fingerprint density at radius 1 is 0.667 bits per heavy atom. The summed E-state index contributed by atoms with van der Waals surface area (Å²) in [5.41, 5.74) is 0. The summed E-state index contributed by atoms with van der Waals surface area (Å²) < 4.78 is 5.25. The van der Waals surface area contributed by atoms with Crippen molar-refractivity contribution in [2.75, 3.05) is 12.5 Å². The van der Waals surface area contributed by atoms with Crippen LogP contribution in [0.25, 0.3) is 0 Å². The van der Waals surface area contributed by atoms with Gasteiger partial charge in [-0.2, -0.15) is 0 Å². The highest BCUT2D eigenvalue weighted by Crippen LogP contribution is 2.12. The van der Waals surface area contributed by atoms with E-state index in [9.17, 15) is 4.79 Å². The lowest BCUT2D eigenvalue weighted by atomic mass is 10.0. The number of esters is 1. The second-order valence-corrected chi connectivity index (χ2v) is 7.34. The van der Waals surface area contributed by atoms with Crippen molar-refractivity contribution in [1.29, 1.82) is 0 Å². The van der Waals surface area contributed by atoms with Gasteiger partial charge in [0.1, 0.15) is 0 Å². The third kappa shape index (κ3) is 19.8. The number of hydrogen-bond donors (Lipinski definition) is 0. The Kier molecular flexibility index (Phi) is 20.6. The van der Waals surface area contributed by atoms with Gasteiger partial charge in [-0.05, 0) is 19.3 Å². The fraction of sp³-hybridized carbons (Fsp3) is 0.952. The Labute approximate surface area is 156 Å². The van der Waals surface area contributed by atoms with Crippen molar-refractivity contribution < 1.29 is 9.53 Å². The summed E-state index contributed by atoms with van der Waals surface area (Å²) in [5.74, 6) is 0.720. The van der Waals surface area contributed by atoms with E-state index in [4.69, 9.17) is 16.3 Å². The third-order valence-corrected chi connectivity index (χ3v) is 4.79. The molecule has 0 aromatic rings. The van der Waals surface area contributed by atoms with Gasteiger partial charge in [-0.1, -0.05) is 90.4 Å². The summed E-state index contributed by atoms with van der Waals surface area (Å²) in [4.78, 5) is 11.6. The summed E-state index contributed by atoms with van der Waals surface area (Å²) in [6.45, 7) is 2.85. The molecule has 0 amide bonds. The van der Waals surface area contributed by atoms with Gasteiger partial charge in [0, 0.05) is 12.3 Å². The van der Waals surface area contributed by atoms with E-state index in [-0.39, 0.29) is 5.97 Å². The van der Waals surface area contributed by atoms with Crippen LogP contribution in [0, 0.1) is 0 Å². The minimum Gasteiger partial charge on any atom is -0.466 e. The number of carbonyl (C=O) groups is 1. The van der Waals surface area contributed by atoms with E-state index in [1.165, 1.54) is 70.6 Å². The van der Waals surface area contributed by atoms with Crippen LogP contribution in [0.3, 0.4) is 0 Å². The van der Waals surface area contributed by atoms with Crippen molar-refractivity contribution >= 4 is 17.6 Å².